The van der Waals surface area contributed by atoms with E-state index in [1.165, 1.54) is 18.4 Å². The van der Waals surface area contributed by atoms with Crippen molar-refractivity contribution in [3.8, 4) is 5.75 Å². The molecule has 2 nitrogen and oxygen atoms in total. The van der Waals surface area contributed by atoms with Crippen LogP contribution in [0.15, 0.2) is 24.3 Å². The van der Waals surface area contributed by atoms with E-state index in [1.54, 1.807) is 0 Å². The van der Waals surface area contributed by atoms with Gasteiger partial charge < -0.3 is 10.1 Å². The standard InChI is InChI=1S/C16H25NO/c1-4-13(10-17-12(2)3)9-14-11-18-16-8-6-5-7-15(14)16/h5-8,12-14,17H,4,9-11H2,1-3H3. The summed E-state index contributed by atoms with van der Waals surface area (Å²) in [6, 6.07) is 9.05. The van der Waals surface area contributed by atoms with Crippen molar-refractivity contribution in [3.05, 3.63) is 29.8 Å². The summed E-state index contributed by atoms with van der Waals surface area (Å²) in [6.07, 6.45) is 2.46. The molecule has 2 heteroatoms. The van der Waals surface area contributed by atoms with Crippen molar-refractivity contribution >= 4 is 0 Å². The predicted octanol–water partition coefficient (Wildman–Crippen LogP) is 3.58. The molecular formula is C16H25NO. The topological polar surface area (TPSA) is 21.3 Å². The number of hydrogen-bond donors (Lipinski definition) is 1. The van der Waals surface area contributed by atoms with E-state index in [0.29, 0.717) is 12.0 Å². The van der Waals surface area contributed by atoms with E-state index < -0.39 is 0 Å². The fourth-order valence-corrected chi connectivity index (χ4v) is 2.62. The molecule has 2 atom stereocenters. The van der Waals surface area contributed by atoms with E-state index in [-0.39, 0.29) is 0 Å². The lowest BCUT2D eigenvalue weighted by atomic mass is 9.88. The summed E-state index contributed by atoms with van der Waals surface area (Å²) >= 11 is 0. The fraction of sp³-hybridized carbons (Fsp3) is 0.625. The Morgan fingerprint density at radius 1 is 1.33 bits per heavy atom. The largest absolute Gasteiger partial charge is 0.493 e. The Kier molecular flexibility index (Phi) is 4.65. The molecule has 0 saturated carbocycles. The second-order valence-electron chi connectivity index (χ2n) is 5.62. The molecule has 100 valence electrons. The summed E-state index contributed by atoms with van der Waals surface area (Å²) in [4.78, 5) is 0. The van der Waals surface area contributed by atoms with Crippen LogP contribution in [0.2, 0.25) is 0 Å². The lowest BCUT2D eigenvalue weighted by molar-refractivity contribution is 0.298. The molecule has 1 heterocycles. The Balaban J connectivity index is 1.93. The van der Waals surface area contributed by atoms with Crippen molar-refractivity contribution in [2.45, 2.75) is 45.6 Å². The molecule has 0 bridgehead atoms. The third-order valence-electron chi connectivity index (χ3n) is 3.81. The molecule has 0 radical (unpaired) electrons. The maximum absolute atomic E-state index is 5.76. The van der Waals surface area contributed by atoms with Crippen molar-refractivity contribution in [1.29, 1.82) is 0 Å². The van der Waals surface area contributed by atoms with E-state index in [4.69, 9.17) is 4.74 Å². The molecule has 0 aromatic heterocycles. The van der Waals surface area contributed by atoms with Crippen LogP contribution in [0.5, 0.6) is 5.75 Å². The lowest BCUT2D eigenvalue weighted by Crippen LogP contribution is -2.29. The van der Waals surface area contributed by atoms with Crippen molar-refractivity contribution in [1.82, 2.24) is 5.32 Å². The van der Waals surface area contributed by atoms with Gasteiger partial charge in [0.25, 0.3) is 0 Å². The first kappa shape index (κ1) is 13.4. The molecule has 0 amide bonds. The normalized spacial score (nSPS) is 19.7. The van der Waals surface area contributed by atoms with Gasteiger partial charge in [0.05, 0.1) is 6.61 Å². The van der Waals surface area contributed by atoms with Crippen LogP contribution < -0.4 is 10.1 Å². The molecule has 0 saturated heterocycles. The molecule has 1 aliphatic rings. The molecule has 1 aliphatic heterocycles. The minimum Gasteiger partial charge on any atom is -0.493 e. The van der Waals surface area contributed by atoms with Crippen molar-refractivity contribution in [2.24, 2.45) is 5.92 Å². The summed E-state index contributed by atoms with van der Waals surface area (Å²) in [5, 5.41) is 3.55. The average Bonchev–Trinajstić information content (AvgIpc) is 2.77. The monoisotopic (exact) mass is 247 g/mol. The molecule has 1 aromatic rings. The first-order valence-electron chi connectivity index (χ1n) is 7.15. The van der Waals surface area contributed by atoms with E-state index in [2.05, 4.69) is 50.4 Å². The summed E-state index contributed by atoms with van der Waals surface area (Å²) in [5.41, 5.74) is 1.40. The van der Waals surface area contributed by atoms with Gasteiger partial charge in [0.2, 0.25) is 0 Å². The highest BCUT2D eigenvalue weighted by Crippen LogP contribution is 2.37. The second-order valence-corrected chi connectivity index (χ2v) is 5.62. The summed E-state index contributed by atoms with van der Waals surface area (Å²) in [5.74, 6) is 2.42. The third-order valence-corrected chi connectivity index (χ3v) is 3.81. The lowest BCUT2D eigenvalue weighted by Gasteiger charge is -2.20. The summed E-state index contributed by atoms with van der Waals surface area (Å²) in [6.45, 7) is 8.68. The zero-order valence-electron chi connectivity index (χ0n) is 11.8. The van der Waals surface area contributed by atoms with Gasteiger partial charge in [-0.15, -0.1) is 0 Å². The molecule has 18 heavy (non-hydrogen) atoms. The number of hydrogen-bond acceptors (Lipinski definition) is 2. The van der Waals surface area contributed by atoms with Crippen molar-refractivity contribution in [3.63, 3.8) is 0 Å². The SMILES string of the molecule is CCC(CNC(C)C)CC1COc2ccccc21. The van der Waals surface area contributed by atoms with E-state index in [9.17, 15) is 0 Å². The zero-order chi connectivity index (χ0) is 13.0. The maximum atomic E-state index is 5.76. The molecule has 1 N–H and O–H groups in total. The third kappa shape index (κ3) is 3.26. The van der Waals surface area contributed by atoms with Gasteiger partial charge in [-0.05, 0) is 24.9 Å². The average molecular weight is 247 g/mol. The molecule has 2 unspecified atom stereocenters. The van der Waals surface area contributed by atoms with Gasteiger partial charge in [-0.3, -0.25) is 0 Å². The molecular weight excluding hydrogens is 222 g/mol. The highest BCUT2D eigenvalue weighted by molar-refractivity contribution is 5.39. The number of fused-ring (bicyclic) bond motifs is 1. The van der Waals surface area contributed by atoms with Gasteiger partial charge in [-0.25, -0.2) is 0 Å². The fourth-order valence-electron chi connectivity index (χ4n) is 2.62. The zero-order valence-corrected chi connectivity index (χ0v) is 11.8. The van der Waals surface area contributed by atoms with Crippen LogP contribution >= 0.6 is 0 Å². The van der Waals surface area contributed by atoms with Crippen LogP contribution in [0, 0.1) is 5.92 Å². The number of rotatable bonds is 6. The van der Waals surface area contributed by atoms with Gasteiger partial charge in [-0.1, -0.05) is 45.4 Å². The minimum atomic E-state index is 0.575. The van der Waals surface area contributed by atoms with Crippen LogP contribution in [0.25, 0.3) is 0 Å². The van der Waals surface area contributed by atoms with E-state index >= 15 is 0 Å². The first-order valence-corrected chi connectivity index (χ1v) is 7.15. The van der Waals surface area contributed by atoms with Gasteiger partial charge in [0, 0.05) is 17.5 Å². The number of para-hydroxylation sites is 1. The summed E-state index contributed by atoms with van der Waals surface area (Å²) in [7, 11) is 0. The van der Waals surface area contributed by atoms with E-state index in [0.717, 1.165) is 24.8 Å². The highest BCUT2D eigenvalue weighted by atomic mass is 16.5. The van der Waals surface area contributed by atoms with Gasteiger partial charge in [-0.2, -0.15) is 0 Å². The van der Waals surface area contributed by atoms with Crippen molar-refractivity contribution in [2.75, 3.05) is 13.2 Å². The van der Waals surface area contributed by atoms with Crippen LogP contribution in [0.3, 0.4) is 0 Å². The summed E-state index contributed by atoms with van der Waals surface area (Å²) < 4.78 is 5.76. The second kappa shape index (κ2) is 6.24. The van der Waals surface area contributed by atoms with Crippen LogP contribution in [0.4, 0.5) is 0 Å². The molecule has 0 aliphatic carbocycles. The van der Waals surface area contributed by atoms with E-state index in [1.807, 2.05) is 0 Å². The Labute approximate surface area is 111 Å². The quantitative estimate of drug-likeness (QED) is 0.829. The molecule has 2 rings (SSSR count). The number of benzene rings is 1. The van der Waals surface area contributed by atoms with Crippen LogP contribution in [-0.2, 0) is 0 Å². The number of ether oxygens (including phenoxy) is 1. The number of nitrogens with one attached hydrogen (secondary N) is 1. The van der Waals surface area contributed by atoms with Gasteiger partial charge >= 0.3 is 0 Å². The minimum absolute atomic E-state index is 0.575. The molecule has 0 spiro atoms. The van der Waals surface area contributed by atoms with Crippen LogP contribution in [-0.4, -0.2) is 19.2 Å². The first-order chi connectivity index (χ1) is 8.70. The van der Waals surface area contributed by atoms with Gasteiger partial charge in [0.1, 0.15) is 5.75 Å². The molecule has 0 fully saturated rings. The van der Waals surface area contributed by atoms with Gasteiger partial charge in [0.15, 0.2) is 0 Å². The Morgan fingerprint density at radius 2 is 2.11 bits per heavy atom. The maximum Gasteiger partial charge on any atom is 0.122 e. The smallest absolute Gasteiger partial charge is 0.122 e. The highest BCUT2D eigenvalue weighted by Gasteiger charge is 2.25. The van der Waals surface area contributed by atoms with Crippen LogP contribution in [0.1, 0.15) is 45.1 Å². The Bertz CT molecular complexity index is 375. The predicted molar refractivity (Wildman–Crippen MR) is 76.2 cm³/mol. The van der Waals surface area contributed by atoms with Crippen molar-refractivity contribution < 1.29 is 4.74 Å². The Morgan fingerprint density at radius 3 is 2.83 bits per heavy atom. The molecule has 1 aromatic carbocycles. The Hall–Kier alpha value is -1.02.